The number of nitrogens with zero attached hydrogens (tertiary/aromatic N) is 1. The molecular formula is C9H15N. The summed E-state index contributed by atoms with van der Waals surface area (Å²) in [7, 11) is 0. The third-order valence-corrected chi connectivity index (χ3v) is 2.87. The van der Waals surface area contributed by atoms with Gasteiger partial charge in [0, 0.05) is 0 Å². The molecule has 1 aliphatic rings. The lowest BCUT2D eigenvalue weighted by atomic mass is 9.76. The molecule has 1 atom stereocenters. The SMILES string of the molecule is CC(C)C(C)(C#N)C1CC1. The lowest BCUT2D eigenvalue weighted by Crippen LogP contribution is -2.23. The Labute approximate surface area is 63.0 Å². The van der Waals surface area contributed by atoms with Gasteiger partial charge in [-0.3, -0.25) is 0 Å². The minimum atomic E-state index is -0.0417. The van der Waals surface area contributed by atoms with Crippen LogP contribution in [-0.4, -0.2) is 0 Å². The van der Waals surface area contributed by atoms with Crippen molar-refractivity contribution in [3.8, 4) is 6.07 Å². The minimum Gasteiger partial charge on any atom is -0.198 e. The molecule has 0 aromatic heterocycles. The van der Waals surface area contributed by atoms with E-state index in [1.165, 1.54) is 12.8 Å². The molecule has 1 nitrogen and oxygen atoms in total. The summed E-state index contributed by atoms with van der Waals surface area (Å²) in [4.78, 5) is 0. The Balaban J connectivity index is 2.68. The van der Waals surface area contributed by atoms with E-state index >= 15 is 0 Å². The summed E-state index contributed by atoms with van der Waals surface area (Å²) in [5, 5.41) is 8.92. The highest BCUT2D eigenvalue weighted by molar-refractivity contribution is 5.06. The van der Waals surface area contributed by atoms with Crippen molar-refractivity contribution in [2.24, 2.45) is 17.3 Å². The van der Waals surface area contributed by atoms with Crippen LogP contribution in [0.4, 0.5) is 0 Å². The van der Waals surface area contributed by atoms with Crippen molar-refractivity contribution in [1.29, 1.82) is 5.26 Å². The molecule has 0 radical (unpaired) electrons. The van der Waals surface area contributed by atoms with Crippen LogP contribution in [0.2, 0.25) is 0 Å². The van der Waals surface area contributed by atoms with Crippen LogP contribution in [0.25, 0.3) is 0 Å². The van der Waals surface area contributed by atoms with E-state index in [0.29, 0.717) is 11.8 Å². The van der Waals surface area contributed by atoms with Crippen LogP contribution in [0, 0.1) is 28.6 Å². The quantitative estimate of drug-likeness (QED) is 0.574. The van der Waals surface area contributed by atoms with Crippen molar-refractivity contribution in [3.63, 3.8) is 0 Å². The molecule has 1 fully saturated rings. The molecule has 1 unspecified atom stereocenters. The molecule has 0 aliphatic heterocycles. The average Bonchev–Trinajstić information content (AvgIpc) is 2.67. The molecule has 0 spiro atoms. The first-order valence-electron chi connectivity index (χ1n) is 4.02. The Bertz CT molecular complexity index is 158. The molecule has 0 aromatic carbocycles. The van der Waals surface area contributed by atoms with Crippen LogP contribution in [0.3, 0.4) is 0 Å². The average molecular weight is 137 g/mol. The molecule has 0 heterocycles. The first kappa shape index (κ1) is 7.60. The molecule has 0 bridgehead atoms. The van der Waals surface area contributed by atoms with E-state index < -0.39 is 0 Å². The standard InChI is InChI=1S/C9H15N/c1-7(2)9(3,6-10)8-4-5-8/h7-8H,4-5H2,1-3H3. The van der Waals surface area contributed by atoms with E-state index in [-0.39, 0.29) is 5.41 Å². The minimum absolute atomic E-state index is 0.0417. The maximum Gasteiger partial charge on any atom is 0.0692 e. The van der Waals surface area contributed by atoms with E-state index in [9.17, 15) is 0 Å². The predicted molar refractivity (Wildman–Crippen MR) is 41.3 cm³/mol. The zero-order chi connectivity index (χ0) is 7.78. The summed E-state index contributed by atoms with van der Waals surface area (Å²) in [6.45, 7) is 6.37. The topological polar surface area (TPSA) is 23.8 Å². The Morgan fingerprint density at radius 1 is 1.50 bits per heavy atom. The number of hydrogen-bond acceptors (Lipinski definition) is 1. The maximum atomic E-state index is 8.92. The molecule has 0 aromatic rings. The lowest BCUT2D eigenvalue weighted by molar-refractivity contribution is 0.265. The monoisotopic (exact) mass is 137 g/mol. The first-order valence-corrected chi connectivity index (χ1v) is 4.02. The van der Waals surface area contributed by atoms with Gasteiger partial charge < -0.3 is 0 Å². The van der Waals surface area contributed by atoms with Gasteiger partial charge in [-0.15, -0.1) is 0 Å². The highest BCUT2D eigenvalue weighted by Crippen LogP contribution is 2.49. The third-order valence-electron chi connectivity index (χ3n) is 2.87. The number of nitriles is 1. The van der Waals surface area contributed by atoms with Gasteiger partial charge in [0.2, 0.25) is 0 Å². The summed E-state index contributed by atoms with van der Waals surface area (Å²) in [5.41, 5.74) is -0.0417. The highest BCUT2D eigenvalue weighted by atomic mass is 14.5. The van der Waals surface area contributed by atoms with Gasteiger partial charge in [-0.2, -0.15) is 5.26 Å². The fraction of sp³-hybridized carbons (Fsp3) is 0.889. The molecule has 1 aliphatic carbocycles. The molecule has 1 saturated carbocycles. The van der Waals surface area contributed by atoms with Gasteiger partial charge in [-0.1, -0.05) is 13.8 Å². The van der Waals surface area contributed by atoms with Crippen molar-refractivity contribution < 1.29 is 0 Å². The van der Waals surface area contributed by atoms with Gasteiger partial charge in [0.05, 0.1) is 11.5 Å². The summed E-state index contributed by atoms with van der Waals surface area (Å²) in [6, 6.07) is 2.44. The molecule has 0 N–H and O–H groups in total. The Morgan fingerprint density at radius 2 is 2.00 bits per heavy atom. The van der Waals surface area contributed by atoms with Gasteiger partial charge in [0.1, 0.15) is 0 Å². The summed E-state index contributed by atoms with van der Waals surface area (Å²) < 4.78 is 0. The van der Waals surface area contributed by atoms with Gasteiger partial charge in [-0.25, -0.2) is 0 Å². The van der Waals surface area contributed by atoms with Crippen LogP contribution >= 0.6 is 0 Å². The number of rotatable bonds is 2. The maximum absolute atomic E-state index is 8.92. The van der Waals surface area contributed by atoms with E-state index in [1.54, 1.807) is 0 Å². The van der Waals surface area contributed by atoms with E-state index in [1.807, 2.05) is 0 Å². The van der Waals surface area contributed by atoms with Gasteiger partial charge in [0.25, 0.3) is 0 Å². The summed E-state index contributed by atoms with van der Waals surface area (Å²) >= 11 is 0. The summed E-state index contributed by atoms with van der Waals surface area (Å²) in [6.07, 6.45) is 2.53. The Hall–Kier alpha value is -0.510. The molecule has 10 heavy (non-hydrogen) atoms. The second-order valence-corrected chi connectivity index (χ2v) is 3.82. The second kappa shape index (κ2) is 2.27. The largest absolute Gasteiger partial charge is 0.198 e. The zero-order valence-electron chi connectivity index (χ0n) is 7.02. The molecule has 56 valence electrons. The van der Waals surface area contributed by atoms with Crippen LogP contribution in [0.5, 0.6) is 0 Å². The first-order chi connectivity index (χ1) is 4.61. The molecule has 1 heteroatoms. The van der Waals surface area contributed by atoms with Crippen molar-refractivity contribution in [2.45, 2.75) is 33.6 Å². The lowest BCUT2D eigenvalue weighted by Gasteiger charge is -2.25. The van der Waals surface area contributed by atoms with E-state index in [2.05, 4.69) is 26.8 Å². The van der Waals surface area contributed by atoms with Gasteiger partial charge in [0.15, 0.2) is 0 Å². The Kier molecular flexibility index (Phi) is 1.72. The van der Waals surface area contributed by atoms with Crippen molar-refractivity contribution >= 4 is 0 Å². The van der Waals surface area contributed by atoms with Gasteiger partial charge >= 0.3 is 0 Å². The van der Waals surface area contributed by atoms with Gasteiger partial charge in [-0.05, 0) is 31.6 Å². The second-order valence-electron chi connectivity index (χ2n) is 3.82. The van der Waals surface area contributed by atoms with Crippen LogP contribution in [-0.2, 0) is 0 Å². The molecule has 1 rings (SSSR count). The van der Waals surface area contributed by atoms with Crippen molar-refractivity contribution in [2.75, 3.05) is 0 Å². The molecular weight excluding hydrogens is 122 g/mol. The van der Waals surface area contributed by atoms with Crippen molar-refractivity contribution in [1.82, 2.24) is 0 Å². The van der Waals surface area contributed by atoms with Crippen LogP contribution in [0.1, 0.15) is 33.6 Å². The summed E-state index contributed by atoms with van der Waals surface area (Å²) in [5.74, 6) is 1.20. The fourth-order valence-corrected chi connectivity index (χ4v) is 1.37. The van der Waals surface area contributed by atoms with E-state index in [4.69, 9.17) is 5.26 Å². The van der Waals surface area contributed by atoms with Crippen LogP contribution < -0.4 is 0 Å². The van der Waals surface area contributed by atoms with E-state index in [0.717, 1.165) is 0 Å². The Morgan fingerprint density at radius 3 is 2.10 bits per heavy atom. The zero-order valence-corrected chi connectivity index (χ0v) is 7.02. The molecule has 0 amide bonds. The smallest absolute Gasteiger partial charge is 0.0692 e. The van der Waals surface area contributed by atoms with Crippen molar-refractivity contribution in [3.05, 3.63) is 0 Å². The normalized spacial score (nSPS) is 23.9. The fourth-order valence-electron chi connectivity index (χ4n) is 1.37. The highest BCUT2D eigenvalue weighted by Gasteiger charge is 2.43. The third kappa shape index (κ3) is 1.03. The van der Waals surface area contributed by atoms with Crippen LogP contribution in [0.15, 0.2) is 0 Å². The predicted octanol–water partition coefficient (Wildman–Crippen LogP) is 2.58. The molecule has 0 saturated heterocycles. The number of hydrogen-bond donors (Lipinski definition) is 0.